The van der Waals surface area contributed by atoms with Crippen LogP contribution in [0.15, 0.2) is 41.8 Å². The summed E-state index contributed by atoms with van der Waals surface area (Å²) in [6, 6.07) is 6.82. The van der Waals surface area contributed by atoms with Crippen LogP contribution in [-0.4, -0.2) is 41.6 Å². The molecule has 0 amide bonds. The van der Waals surface area contributed by atoms with E-state index in [-0.39, 0.29) is 4.90 Å². The van der Waals surface area contributed by atoms with Gasteiger partial charge >= 0.3 is 0 Å². The second-order valence-corrected chi connectivity index (χ2v) is 6.18. The van der Waals surface area contributed by atoms with Gasteiger partial charge in [-0.1, -0.05) is 12.1 Å². The van der Waals surface area contributed by atoms with E-state index in [4.69, 9.17) is 0 Å². The molecule has 7 heteroatoms. The van der Waals surface area contributed by atoms with Crippen LogP contribution in [0.5, 0.6) is 0 Å². The van der Waals surface area contributed by atoms with Crippen molar-refractivity contribution in [3.63, 3.8) is 0 Å². The van der Waals surface area contributed by atoms with Crippen molar-refractivity contribution in [2.75, 3.05) is 14.1 Å². The number of sulfonamides is 1. The summed E-state index contributed by atoms with van der Waals surface area (Å²) in [6.45, 7) is 0.497. The Morgan fingerprint density at radius 3 is 2.72 bits per heavy atom. The van der Waals surface area contributed by atoms with E-state index in [9.17, 15) is 8.42 Å². The minimum atomic E-state index is -3.39. The van der Waals surface area contributed by atoms with Gasteiger partial charge in [0.1, 0.15) is 12.7 Å². The monoisotopic (exact) mass is 266 g/mol. The molecular formula is C11H14N4O2S. The Morgan fingerprint density at radius 2 is 2.11 bits per heavy atom. The van der Waals surface area contributed by atoms with E-state index in [1.165, 1.54) is 24.7 Å². The molecular weight excluding hydrogens is 252 g/mol. The number of aromatic nitrogens is 3. The molecule has 96 valence electrons. The maximum Gasteiger partial charge on any atom is 0.242 e. The fraction of sp³-hybridized carbons (Fsp3) is 0.273. The first-order valence-electron chi connectivity index (χ1n) is 5.34. The Bertz CT molecular complexity index is 620. The first-order chi connectivity index (χ1) is 8.50. The number of rotatable bonds is 4. The predicted octanol–water partition coefficient (Wildman–Crippen LogP) is 0.577. The van der Waals surface area contributed by atoms with Crippen molar-refractivity contribution >= 4 is 10.0 Å². The summed E-state index contributed by atoms with van der Waals surface area (Å²) in [4.78, 5) is 4.13. The lowest BCUT2D eigenvalue weighted by atomic mass is 10.2. The highest BCUT2D eigenvalue weighted by atomic mass is 32.2. The Balaban J connectivity index is 2.31. The summed E-state index contributed by atoms with van der Waals surface area (Å²) in [5.41, 5.74) is 0.864. The van der Waals surface area contributed by atoms with Crippen molar-refractivity contribution in [2.24, 2.45) is 0 Å². The molecule has 0 aliphatic heterocycles. The van der Waals surface area contributed by atoms with Crippen molar-refractivity contribution in [1.82, 2.24) is 19.1 Å². The molecule has 0 saturated heterocycles. The van der Waals surface area contributed by atoms with Gasteiger partial charge in [-0.25, -0.2) is 22.4 Å². The highest BCUT2D eigenvalue weighted by molar-refractivity contribution is 7.89. The number of hydrogen-bond donors (Lipinski definition) is 0. The zero-order valence-corrected chi connectivity index (χ0v) is 11.0. The van der Waals surface area contributed by atoms with Crippen molar-refractivity contribution in [3.8, 4) is 0 Å². The summed E-state index contributed by atoms with van der Waals surface area (Å²) in [6.07, 6.45) is 3.04. The van der Waals surface area contributed by atoms with Gasteiger partial charge in [0.15, 0.2) is 0 Å². The summed E-state index contributed by atoms with van der Waals surface area (Å²) >= 11 is 0. The van der Waals surface area contributed by atoms with Crippen LogP contribution in [0.3, 0.4) is 0 Å². The van der Waals surface area contributed by atoms with E-state index in [2.05, 4.69) is 10.1 Å². The molecule has 0 bridgehead atoms. The van der Waals surface area contributed by atoms with E-state index in [1.807, 2.05) is 6.07 Å². The van der Waals surface area contributed by atoms with Gasteiger partial charge in [-0.05, 0) is 17.7 Å². The lowest BCUT2D eigenvalue weighted by molar-refractivity contribution is 0.520. The van der Waals surface area contributed by atoms with Gasteiger partial charge < -0.3 is 0 Å². The van der Waals surface area contributed by atoms with Gasteiger partial charge in [-0.3, -0.25) is 0 Å². The van der Waals surface area contributed by atoms with Crippen LogP contribution in [0.4, 0.5) is 0 Å². The molecule has 18 heavy (non-hydrogen) atoms. The van der Waals surface area contributed by atoms with Gasteiger partial charge in [0, 0.05) is 14.1 Å². The molecule has 0 saturated carbocycles. The number of hydrogen-bond acceptors (Lipinski definition) is 4. The Morgan fingerprint density at radius 1 is 1.33 bits per heavy atom. The maximum atomic E-state index is 12.0. The molecule has 6 nitrogen and oxygen atoms in total. The van der Waals surface area contributed by atoms with E-state index < -0.39 is 10.0 Å². The molecule has 0 unspecified atom stereocenters. The average Bonchev–Trinajstić information content (AvgIpc) is 2.82. The Kier molecular flexibility index (Phi) is 3.44. The first kappa shape index (κ1) is 12.7. The van der Waals surface area contributed by atoms with Crippen LogP contribution < -0.4 is 0 Å². The van der Waals surface area contributed by atoms with Crippen molar-refractivity contribution in [2.45, 2.75) is 11.4 Å². The van der Waals surface area contributed by atoms with Gasteiger partial charge in [0.05, 0.1) is 11.4 Å². The van der Waals surface area contributed by atoms with Gasteiger partial charge in [-0.15, -0.1) is 0 Å². The Hall–Kier alpha value is -1.73. The minimum Gasteiger partial charge on any atom is -0.249 e. The molecule has 1 heterocycles. The largest absolute Gasteiger partial charge is 0.249 e. The summed E-state index contributed by atoms with van der Waals surface area (Å²) in [5, 5.41) is 3.98. The van der Waals surface area contributed by atoms with E-state index in [1.54, 1.807) is 29.2 Å². The second kappa shape index (κ2) is 4.87. The van der Waals surface area contributed by atoms with Crippen LogP contribution in [0.1, 0.15) is 5.56 Å². The lowest BCUT2D eigenvalue weighted by Crippen LogP contribution is -2.22. The molecule has 1 aromatic carbocycles. The van der Waals surface area contributed by atoms with Gasteiger partial charge in [-0.2, -0.15) is 5.10 Å². The molecule has 0 aliphatic carbocycles. The van der Waals surface area contributed by atoms with Crippen LogP contribution in [0.2, 0.25) is 0 Å². The minimum absolute atomic E-state index is 0.283. The lowest BCUT2D eigenvalue weighted by Gasteiger charge is -2.12. The zero-order chi connectivity index (χ0) is 13.2. The smallest absolute Gasteiger partial charge is 0.242 e. The Labute approximate surface area is 106 Å². The number of benzene rings is 1. The molecule has 0 atom stereocenters. The van der Waals surface area contributed by atoms with Crippen molar-refractivity contribution < 1.29 is 8.42 Å². The topological polar surface area (TPSA) is 68.1 Å². The molecule has 0 aliphatic rings. The summed E-state index contributed by atoms with van der Waals surface area (Å²) in [7, 11) is -0.364. The summed E-state index contributed by atoms with van der Waals surface area (Å²) in [5.74, 6) is 0. The molecule has 2 aromatic rings. The quantitative estimate of drug-likeness (QED) is 0.811. The van der Waals surface area contributed by atoms with Crippen molar-refractivity contribution in [1.29, 1.82) is 0 Å². The molecule has 0 N–H and O–H groups in total. The van der Waals surface area contributed by atoms with Crippen LogP contribution in [0, 0.1) is 0 Å². The molecule has 1 aromatic heterocycles. The third kappa shape index (κ3) is 2.57. The van der Waals surface area contributed by atoms with Crippen LogP contribution in [-0.2, 0) is 16.6 Å². The fourth-order valence-corrected chi connectivity index (χ4v) is 2.49. The molecule has 0 fully saturated rings. The highest BCUT2D eigenvalue weighted by Crippen LogP contribution is 2.15. The first-order valence-corrected chi connectivity index (χ1v) is 6.78. The van der Waals surface area contributed by atoms with E-state index in [0.29, 0.717) is 6.54 Å². The summed E-state index contributed by atoms with van der Waals surface area (Å²) < 4.78 is 26.8. The number of nitrogens with zero attached hydrogens (tertiary/aromatic N) is 4. The van der Waals surface area contributed by atoms with Crippen molar-refractivity contribution in [3.05, 3.63) is 42.5 Å². The van der Waals surface area contributed by atoms with Crippen LogP contribution >= 0.6 is 0 Å². The predicted molar refractivity (Wildman–Crippen MR) is 66.4 cm³/mol. The average molecular weight is 266 g/mol. The molecule has 2 rings (SSSR count). The highest BCUT2D eigenvalue weighted by Gasteiger charge is 2.17. The van der Waals surface area contributed by atoms with Crippen LogP contribution in [0.25, 0.3) is 0 Å². The molecule has 0 spiro atoms. The fourth-order valence-electron chi connectivity index (χ4n) is 1.52. The maximum absolute atomic E-state index is 12.0. The second-order valence-electron chi connectivity index (χ2n) is 4.03. The SMILES string of the molecule is CN(C)S(=O)(=O)c1cccc(Cn2cncn2)c1. The standard InChI is InChI=1S/C11H14N4O2S/c1-14(2)18(16,17)11-5-3-4-10(6-11)7-15-9-12-8-13-15/h3-6,8-9H,7H2,1-2H3. The van der Waals surface area contributed by atoms with E-state index >= 15 is 0 Å². The normalized spacial score (nSPS) is 11.9. The van der Waals surface area contributed by atoms with Gasteiger partial charge in [0.25, 0.3) is 0 Å². The zero-order valence-electron chi connectivity index (χ0n) is 10.2. The van der Waals surface area contributed by atoms with E-state index in [0.717, 1.165) is 5.56 Å². The third-order valence-corrected chi connectivity index (χ3v) is 4.30. The molecule has 0 radical (unpaired) electrons. The third-order valence-electron chi connectivity index (χ3n) is 2.49. The van der Waals surface area contributed by atoms with Gasteiger partial charge in [0.2, 0.25) is 10.0 Å².